The van der Waals surface area contributed by atoms with Crippen molar-refractivity contribution in [2.45, 2.75) is 109 Å². The molecule has 2 aromatic carbocycles. The van der Waals surface area contributed by atoms with E-state index in [1.165, 1.54) is 51.5 Å². The molecule has 2 aliphatic carbocycles. The van der Waals surface area contributed by atoms with Crippen molar-refractivity contribution in [2.24, 2.45) is 11.8 Å². The van der Waals surface area contributed by atoms with E-state index in [4.69, 9.17) is 16.5 Å². The number of carbonyl (C=O) groups excluding carboxylic acids is 3. The Hall–Kier alpha value is -2.42. The van der Waals surface area contributed by atoms with Crippen LogP contribution in [0.25, 0.3) is 5.57 Å². The molecule has 1 unspecified atom stereocenters. The van der Waals surface area contributed by atoms with Crippen LogP contribution in [0.2, 0.25) is 0 Å². The smallest absolute Gasteiger partial charge is 0.340 e. The molecule has 0 aromatic heterocycles. The van der Waals surface area contributed by atoms with Gasteiger partial charge in [-0.1, -0.05) is 44.0 Å². The van der Waals surface area contributed by atoms with Crippen LogP contribution >= 0.6 is 43.6 Å². The summed E-state index contributed by atoms with van der Waals surface area (Å²) in [7, 11) is 2.54. The first-order valence-corrected chi connectivity index (χ1v) is 19.3. The Bertz CT molecular complexity index is 1520. The molecular formula is C38H51Br2ClF2N2O7. The molecule has 0 aliphatic heterocycles. The molecule has 4 N–H and O–H groups in total. The molecule has 2 aliphatic rings. The lowest BCUT2D eigenvalue weighted by Crippen LogP contribution is -2.36. The second kappa shape index (κ2) is 22.7. The van der Waals surface area contributed by atoms with Gasteiger partial charge in [-0.2, -0.15) is 0 Å². The average Bonchev–Trinajstić information content (AvgIpc) is 3.10. The van der Waals surface area contributed by atoms with Crippen molar-refractivity contribution in [1.82, 2.24) is 10.2 Å². The van der Waals surface area contributed by atoms with Crippen molar-refractivity contribution < 1.29 is 42.9 Å². The number of benzene rings is 2. The highest BCUT2D eigenvalue weighted by atomic mass is 79.9. The molecule has 2 saturated carbocycles. The SMILES string of the molecule is COC(=O)/C(=C(/C)N[C@H](C)C1CCC(O)CC1)c1ccc(F)cc1Br.COC(=O)C(C(C)=O)c1ccc(F)cc1Br.C[C@@H](NCl)C1CCC(O)CC1. The summed E-state index contributed by atoms with van der Waals surface area (Å²) in [5.41, 5.74) is 2.07. The fourth-order valence-corrected chi connectivity index (χ4v) is 7.76. The molecule has 0 saturated heterocycles. The maximum absolute atomic E-state index is 13.4. The molecule has 2 aromatic rings. The Balaban J connectivity index is 0.000000296. The van der Waals surface area contributed by atoms with E-state index >= 15 is 0 Å². The molecule has 0 radical (unpaired) electrons. The van der Waals surface area contributed by atoms with Crippen molar-refractivity contribution in [3.63, 3.8) is 0 Å². The number of ether oxygens (including phenoxy) is 2. The minimum absolute atomic E-state index is 0.0613. The maximum atomic E-state index is 13.4. The number of ketones is 1. The average molecular weight is 881 g/mol. The molecule has 14 heteroatoms. The van der Waals surface area contributed by atoms with E-state index in [1.54, 1.807) is 6.07 Å². The lowest BCUT2D eigenvalue weighted by atomic mass is 9.83. The Morgan fingerprint density at radius 2 is 1.27 bits per heavy atom. The third-order valence-corrected chi connectivity index (χ3v) is 11.3. The van der Waals surface area contributed by atoms with Crippen LogP contribution in [0.15, 0.2) is 51.0 Å². The number of hydrogen-bond donors (Lipinski definition) is 4. The van der Waals surface area contributed by atoms with Crippen LogP contribution in [0.5, 0.6) is 0 Å². The summed E-state index contributed by atoms with van der Waals surface area (Å²) in [6.45, 7) is 7.30. The molecule has 290 valence electrons. The number of aliphatic hydroxyl groups excluding tert-OH is 2. The highest BCUT2D eigenvalue weighted by Gasteiger charge is 2.29. The Kier molecular flexibility index (Phi) is 20.0. The van der Waals surface area contributed by atoms with Crippen LogP contribution in [0.3, 0.4) is 0 Å². The number of hydrogen-bond acceptors (Lipinski definition) is 9. The zero-order valence-electron chi connectivity index (χ0n) is 30.5. The Labute approximate surface area is 327 Å². The first kappa shape index (κ1) is 45.7. The number of carbonyl (C=O) groups is 3. The van der Waals surface area contributed by atoms with E-state index in [1.807, 2.05) is 6.92 Å². The number of allylic oxidation sites excluding steroid dienone is 1. The number of rotatable bonds is 10. The van der Waals surface area contributed by atoms with E-state index in [-0.39, 0.29) is 29.9 Å². The molecule has 0 bridgehead atoms. The zero-order chi connectivity index (χ0) is 39.1. The summed E-state index contributed by atoms with van der Waals surface area (Å²) in [5.74, 6) is -2.21. The highest BCUT2D eigenvalue weighted by Crippen LogP contribution is 2.31. The van der Waals surface area contributed by atoms with Crippen molar-refractivity contribution in [3.05, 3.63) is 73.8 Å². The summed E-state index contributed by atoms with van der Waals surface area (Å²) in [5, 5.41) is 22.3. The van der Waals surface area contributed by atoms with Gasteiger partial charge in [-0.3, -0.25) is 9.59 Å². The molecule has 3 atom stereocenters. The summed E-state index contributed by atoms with van der Waals surface area (Å²) >= 11 is 11.9. The fourth-order valence-electron chi connectivity index (χ4n) is 6.45. The zero-order valence-corrected chi connectivity index (χ0v) is 34.4. The largest absolute Gasteiger partial charge is 0.468 e. The van der Waals surface area contributed by atoms with Gasteiger partial charge in [0, 0.05) is 32.3 Å². The van der Waals surface area contributed by atoms with Crippen LogP contribution in [0.4, 0.5) is 8.78 Å². The van der Waals surface area contributed by atoms with Crippen molar-refractivity contribution in [1.29, 1.82) is 0 Å². The normalized spacial score (nSPS) is 22.1. The van der Waals surface area contributed by atoms with Gasteiger partial charge in [-0.05, 0) is 133 Å². The summed E-state index contributed by atoms with van der Waals surface area (Å²) in [6.07, 6.45) is 7.35. The summed E-state index contributed by atoms with van der Waals surface area (Å²) in [4.78, 5) is 37.9. The van der Waals surface area contributed by atoms with E-state index in [2.05, 4.69) is 60.6 Å². The molecule has 4 rings (SSSR count). The van der Waals surface area contributed by atoms with E-state index in [0.29, 0.717) is 49.2 Å². The molecule has 0 spiro atoms. The predicted octanol–water partition coefficient (Wildman–Crippen LogP) is 8.12. The monoisotopic (exact) mass is 878 g/mol. The number of aliphatic hydroxyl groups is 2. The van der Waals surface area contributed by atoms with E-state index in [0.717, 1.165) is 51.4 Å². The van der Waals surface area contributed by atoms with Crippen LogP contribution in [0, 0.1) is 23.5 Å². The minimum Gasteiger partial charge on any atom is -0.468 e. The molecule has 52 heavy (non-hydrogen) atoms. The highest BCUT2D eigenvalue weighted by molar-refractivity contribution is 9.10. The molecule has 9 nitrogen and oxygen atoms in total. The van der Waals surface area contributed by atoms with Gasteiger partial charge < -0.3 is 25.0 Å². The van der Waals surface area contributed by atoms with Gasteiger partial charge in [0.05, 0.1) is 32.0 Å². The van der Waals surface area contributed by atoms with E-state index < -0.39 is 23.7 Å². The minimum atomic E-state index is -1.01. The number of esters is 2. The van der Waals surface area contributed by atoms with Crippen LogP contribution in [-0.4, -0.2) is 66.4 Å². The Morgan fingerprint density at radius 3 is 1.69 bits per heavy atom. The van der Waals surface area contributed by atoms with Crippen LogP contribution in [0.1, 0.15) is 96.1 Å². The lowest BCUT2D eigenvalue weighted by molar-refractivity contribution is -0.145. The summed E-state index contributed by atoms with van der Waals surface area (Å²) in [6, 6.07) is 8.55. The summed E-state index contributed by atoms with van der Waals surface area (Å²) < 4.78 is 36.6. The van der Waals surface area contributed by atoms with Gasteiger partial charge in [-0.25, -0.2) is 18.4 Å². The molecular weight excluding hydrogens is 830 g/mol. The number of nitrogens with one attached hydrogen (secondary N) is 2. The topological polar surface area (TPSA) is 134 Å². The first-order chi connectivity index (χ1) is 24.5. The predicted molar refractivity (Wildman–Crippen MR) is 205 cm³/mol. The number of Topliss-reactive ketones (excluding diaryl/α,β-unsaturated/α-hetero) is 1. The van der Waals surface area contributed by atoms with Crippen molar-refractivity contribution in [3.8, 4) is 0 Å². The lowest BCUT2D eigenvalue weighted by Gasteiger charge is -2.31. The van der Waals surface area contributed by atoms with Crippen molar-refractivity contribution in [2.75, 3.05) is 14.2 Å². The van der Waals surface area contributed by atoms with Gasteiger partial charge in [-0.15, -0.1) is 0 Å². The van der Waals surface area contributed by atoms with Gasteiger partial charge >= 0.3 is 11.9 Å². The quantitative estimate of drug-likeness (QED) is 0.0809. The standard InChI is InChI=1S/C19H25BrFNO3.C11H10BrFO3.C8H16ClNO/c1-11(13-4-7-15(23)8-5-13)22-12(2)18(19(24)25-3)16-9-6-14(21)10-17(16)20;1-6(14)10(11(15)16-2)8-4-3-7(13)5-9(8)12;1-6(10-9)7-2-4-8(11)5-3-7/h6,9-11,13,15,22-23H,4-5,7-8H2,1-3H3;3-5,10H,1-2H3;6-8,10-11H,2-5H2,1H3/b18-12-;;/t11-,13?,15?;;6-,7?,8?/m1.1/s1. The van der Waals surface area contributed by atoms with Gasteiger partial charge in [0.25, 0.3) is 0 Å². The van der Waals surface area contributed by atoms with Crippen molar-refractivity contribution >= 4 is 66.9 Å². The second-order valence-corrected chi connectivity index (χ2v) is 15.2. The van der Waals surface area contributed by atoms with Gasteiger partial charge in [0.15, 0.2) is 0 Å². The Morgan fingerprint density at radius 1 is 0.788 bits per heavy atom. The van der Waals surface area contributed by atoms with Crippen LogP contribution < -0.4 is 10.2 Å². The molecule has 0 heterocycles. The number of halogens is 5. The molecule has 2 fully saturated rings. The first-order valence-electron chi connectivity index (χ1n) is 17.3. The second-order valence-electron chi connectivity index (χ2n) is 13.3. The number of methoxy groups -OCH3 is 2. The van der Waals surface area contributed by atoms with Crippen LogP contribution in [-0.2, 0) is 23.9 Å². The third kappa shape index (κ3) is 14.1. The van der Waals surface area contributed by atoms with Gasteiger partial charge in [0.1, 0.15) is 23.3 Å². The fraction of sp³-hybridized carbons (Fsp3) is 0.553. The van der Waals surface area contributed by atoms with Gasteiger partial charge in [0.2, 0.25) is 0 Å². The van der Waals surface area contributed by atoms with E-state index in [9.17, 15) is 33.4 Å². The molecule has 0 amide bonds. The third-order valence-electron chi connectivity index (χ3n) is 9.60. The maximum Gasteiger partial charge on any atom is 0.340 e.